The third-order valence-electron chi connectivity index (χ3n) is 5.63. The van der Waals surface area contributed by atoms with Gasteiger partial charge in [-0.15, -0.1) is 0 Å². The van der Waals surface area contributed by atoms with Crippen LogP contribution in [-0.4, -0.2) is 23.1 Å². The molecular weight excluding hydrogens is 473 g/mol. The second kappa shape index (κ2) is 10.1. The predicted molar refractivity (Wildman–Crippen MR) is 128 cm³/mol. The van der Waals surface area contributed by atoms with E-state index in [0.717, 1.165) is 23.8 Å². The predicted octanol–water partition coefficient (Wildman–Crippen LogP) is 6.22. The molecular formula is C28H25F3O5. The van der Waals surface area contributed by atoms with Crippen LogP contribution in [0.2, 0.25) is 0 Å². The first kappa shape index (κ1) is 25.3. The van der Waals surface area contributed by atoms with E-state index in [9.17, 15) is 23.1 Å². The summed E-state index contributed by atoms with van der Waals surface area (Å²) in [5.74, 6) is 0.0383. The minimum atomic E-state index is -4.60. The first-order valence-electron chi connectivity index (χ1n) is 11.3. The van der Waals surface area contributed by atoms with E-state index in [-0.39, 0.29) is 30.3 Å². The van der Waals surface area contributed by atoms with Crippen molar-refractivity contribution in [3.8, 4) is 17.2 Å². The summed E-state index contributed by atoms with van der Waals surface area (Å²) in [5.41, 5.74) is 0.258. The van der Waals surface area contributed by atoms with Gasteiger partial charge in [0.05, 0.1) is 23.3 Å². The van der Waals surface area contributed by atoms with E-state index in [1.54, 1.807) is 42.5 Å². The zero-order valence-electron chi connectivity index (χ0n) is 19.8. The van der Waals surface area contributed by atoms with E-state index in [1.807, 2.05) is 26.0 Å². The highest BCUT2D eigenvalue weighted by molar-refractivity contribution is 6.00. The van der Waals surface area contributed by atoms with Gasteiger partial charge in [0, 0.05) is 5.56 Å². The molecule has 3 aromatic rings. The Morgan fingerprint density at radius 1 is 1.03 bits per heavy atom. The van der Waals surface area contributed by atoms with Gasteiger partial charge in [0.25, 0.3) is 0 Å². The number of Topliss-reactive ketones (excluding diaryl/α,β-unsaturated/α-hetero) is 1. The molecule has 5 nitrogen and oxygen atoms in total. The van der Waals surface area contributed by atoms with Crippen LogP contribution in [0.25, 0.3) is 6.08 Å². The van der Waals surface area contributed by atoms with Gasteiger partial charge in [-0.2, -0.15) is 13.2 Å². The number of alkyl halides is 3. The molecule has 0 fully saturated rings. The Morgan fingerprint density at radius 3 is 2.47 bits per heavy atom. The fourth-order valence-corrected chi connectivity index (χ4v) is 3.77. The number of halogens is 3. The third-order valence-corrected chi connectivity index (χ3v) is 5.63. The number of rotatable bonds is 8. The van der Waals surface area contributed by atoms with Crippen molar-refractivity contribution in [2.24, 2.45) is 0 Å². The molecule has 0 bridgehead atoms. The van der Waals surface area contributed by atoms with Crippen molar-refractivity contribution in [1.82, 2.24) is 0 Å². The highest BCUT2D eigenvalue weighted by Gasteiger charge is 2.32. The van der Waals surface area contributed by atoms with E-state index < -0.39 is 29.7 Å². The van der Waals surface area contributed by atoms with Crippen LogP contribution in [0.15, 0.2) is 66.7 Å². The number of aliphatic hydroxyl groups excluding tert-OH is 1. The summed E-state index contributed by atoms with van der Waals surface area (Å²) in [4.78, 5) is 13.1. The maximum absolute atomic E-state index is 13.3. The number of aliphatic hydroxyl groups is 1. The molecule has 0 spiro atoms. The van der Waals surface area contributed by atoms with Crippen LogP contribution in [0.4, 0.5) is 13.2 Å². The zero-order valence-corrected chi connectivity index (χ0v) is 19.8. The molecule has 1 N–H and O–H groups in total. The van der Waals surface area contributed by atoms with Crippen molar-refractivity contribution in [3.05, 3.63) is 94.6 Å². The van der Waals surface area contributed by atoms with Crippen LogP contribution in [-0.2, 0) is 19.4 Å². The molecule has 8 heteroatoms. The Labute approximate surface area is 206 Å². The number of fused-ring (bicyclic) bond motifs is 1. The van der Waals surface area contributed by atoms with Crippen molar-refractivity contribution in [3.63, 3.8) is 0 Å². The van der Waals surface area contributed by atoms with E-state index in [4.69, 9.17) is 14.2 Å². The molecule has 0 saturated heterocycles. The smallest absolute Gasteiger partial charge is 0.416 e. The minimum absolute atomic E-state index is 0.0118. The number of hydrogen-bond donors (Lipinski definition) is 1. The SMILES string of the molecule is CC1(C)C=Cc2c(ccc(CO)c2OCC(=O)c2ccc(C(F)(F)F)cc2OCc2ccccc2)O1. The monoisotopic (exact) mass is 498 g/mol. The maximum Gasteiger partial charge on any atom is 0.416 e. The van der Waals surface area contributed by atoms with Gasteiger partial charge >= 0.3 is 6.18 Å². The lowest BCUT2D eigenvalue weighted by molar-refractivity contribution is -0.137. The first-order chi connectivity index (χ1) is 17.1. The molecule has 0 aromatic heterocycles. The summed E-state index contributed by atoms with van der Waals surface area (Å²) in [6.07, 6.45) is -0.969. The number of hydrogen-bond acceptors (Lipinski definition) is 5. The van der Waals surface area contributed by atoms with Gasteiger partial charge in [-0.1, -0.05) is 30.3 Å². The van der Waals surface area contributed by atoms with Crippen molar-refractivity contribution in [1.29, 1.82) is 0 Å². The fourth-order valence-electron chi connectivity index (χ4n) is 3.77. The van der Waals surface area contributed by atoms with Gasteiger partial charge in [-0.3, -0.25) is 4.79 Å². The molecule has 0 saturated carbocycles. The fraction of sp³-hybridized carbons (Fsp3) is 0.250. The third kappa shape index (κ3) is 5.71. The summed E-state index contributed by atoms with van der Waals surface area (Å²) in [6.45, 7) is 2.95. The summed E-state index contributed by atoms with van der Waals surface area (Å²) in [5, 5.41) is 9.78. The summed E-state index contributed by atoms with van der Waals surface area (Å²) < 4.78 is 57.4. The van der Waals surface area contributed by atoms with Crippen molar-refractivity contribution < 1.29 is 37.3 Å². The van der Waals surface area contributed by atoms with Gasteiger partial charge in [-0.05, 0) is 61.9 Å². The Morgan fingerprint density at radius 2 is 1.78 bits per heavy atom. The van der Waals surface area contributed by atoms with Crippen LogP contribution in [0.3, 0.4) is 0 Å². The topological polar surface area (TPSA) is 65.0 Å². The largest absolute Gasteiger partial charge is 0.488 e. The van der Waals surface area contributed by atoms with Crippen molar-refractivity contribution in [2.45, 2.75) is 38.8 Å². The van der Waals surface area contributed by atoms with Crippen LogP contribution < -0.4 is 14.2 Å². The molecule has 0 radical (unpaired) electrons. The van der Waals surface area contributed by atoms with E-state index in [1.165, 1.54) is 0 Å². The number of benzene rings is 3. The van der Waals surface area contributed by atoms with Gasteiger partial charge in [0.1, 0.15) is 29.5 Å². The minimum Gasteiger partial charge on any atom is -0.488 e. The average molecular weight is 498 g/mol. The van der Waals surface area contributed by atoms with Crippen LogP contribution in [0.1, 0.15) is 46.5 Å². The number of carbonyl (C=O) groups is 1. The Kier molecular flexibility index (Phi) is 7.08. The van der Waals surface area contributed by atoms with Gasteiger partial charge < -0.3 is 19.3 Å². The van der Waals surface area contributed by atoms with Crippen molar-refractivity contribution in [2.75, 3.05) is 6.61 Å². The molecule has 0 amide bonds. The van der Waals surface area contributed by atoms with Gasteiger partial charge in [0.15, 0.2) is 6.61 Å². The first-order valence-corrected chi connectivity index (χ1v) is 11.3. The lowest BCUT2D eigenvalue weighted by Crippen LogP contribution is -2.27. The molecule has 1 aliphatic rings. The Bertz CT molecular complexity index is 1280. The van der Waals surface area contributed by atoms with E-state index in [0.29, 0.717) is 16.9 Å². The summed E-state index contributed by atoms with van der Waals surface area (Å²) in [6, 6.07) is 15.0. The molecule has 4 rings (SSSR count). The van der Waals surface area contributed by atoms with Crippen LogP contribution >= 0.6 is 0 Å². The molecule has 36 heavy (non-hydrogen) atoms. The normalized spacial score (nSPS) is 14.1. The summed E-state index contributed by atoms with van der Waals surface area (Å²) in [7, 11) is 0. The lowest BCUT2D eigenvalue weighted by atomic mass is 9.99. The number of ketones is 1. The second-order valence-corrected chi connectivity index (χ2v) is 8.86. The Balaban J connectivity index is 1.60. The average Bonchev–Trinajstić information content (AvgIpc) is 2.85. The molecule has 0 aliphatic carbocycles. The van der Waals surface area contributed by atoms with Crippen molar-refractivity contribution >= 4 is 11.9 Å². The van der Waals surface area contributed by atoms with E-state index >= 15 is 0 Å². The second-order valence-electron chi connectivity index (χ2n) is 8.86. The van der Waals surface area contributed by atoms with Gasteiger partial charge in [0.2, 0.25) is 5.78 Å². The number of carbonyl (C=O) groups excluding carboxylic acids is 1. The standard InChI is InChI=1S/C28H25F3O5/c1-27(2)13-12-22-24(36-27)11-8-19(15-32)26(22)35-17-23(33)21-10-9-20(28(29,30)31)14-25(21)34-16-18-6-4-3-5-7-18/h3-14,32H,15-17H2,1-2H3. The molecule has 0 unspecified atom stereocenters. The molecule has 1 aliphatic heterocycles. The molecule has 3 aromatic carbocycles. The lowest BCUT2D eigenvalue weighted by Gasteiger charge is -2.29. The highest BCUT2D eigenvalue weighted by atomic mass is 19.4. The van der Waals surface area contributed by atoms with Crippen LogP contribution in [0.5, 0.6) is 17.2 Å². The molecule has 188 valence electrons. The highest BCUT2D eigenvalue weighted by Crippen LogP contribution is 2.39. The van der Waals surface area contributed by atoms with E-state index in [2.05, 4.69) is 0 Å². The molecule has 0 atom stereocenters. The molecule has 1 heterocycles. The van der Waals surface area contributed by atoms with Crippen LogP contribution in [0, 0.1) is 0 Å². The zero-order chi connectivity index (χ0) is 25.9. The Hall–Kier alpha value is -3.78. The quantitative estimate of drug-likeness (QED) is 0.374. The van der Waals surface area contributed by atoms with Gasteiger partial charge in [-0.25, -0.2) is 0 Å². The summed E-state index contributed by atoms with van der Waals surface area (Å²) >= 11 is 0. The maximum atomic E-state index is 13.3. The number of ether oxygens (including phenoxy) is 3.